The summed E-state index contributed by atoms with van der Waals surface area (Å²) in [4.78, 5) is 2.82. The lowest BCUT2D eigenvalue weighted by Crippen LogP contribution is -2.67. The Morgan fingerprint density at radius 3 is 1.67 bits per heavy atom. The molecule has 2 rings (SSSR count). The van der Waals surface area contributed by atoms with E-state index in [0.717, 1.165) is 11.1 Å². The first kappa shape index (κ1) is 23.6. The minimum absolute atomic E-state index is 0.481. The fraction of sp³-hybridized carbons (Fsp3) is 0. The largest absolute Gasteiger partial charge is 0.0622 e. The number of benzene rings is 2. The maximum absolute atomic E-state index is 8.45. The molecule has 0 aliphatic carbocycles. The third-order valence-electron chi connectivity index (χ3n) is 3.92. The molecule has 0 unspecified atom stereocenters. The fourth-order valence-electron chi connectivity index (χ4n) is 2.50. The molecule has 27 heavy (non-hydrogen) atoms. The molecule has 2 aromatic rings. The van der Waals surface area contributed by atoms with Crippen molar-refractivity contribution in [3.63, 3.8) is 0 Å². The maximum atomic E-state index is 8.45. The van der Waals surface area contributed by atoms with Crippen molar-refractivity contribution in [3.8, 4) is 11.1 Å². The predicted molar refractivity (Wildman–Crippen MR) is 130 cm³/mol. The third-order valence-corrected chi connectivity index (χ3v) is 3.92. The molecule has 0 N–H and O–H groups in total. The van der Waals surface area contributed by atoms with Crippen molar-refractivity contribution in [2.75, 3.05) is 0 Å². The first-order valence-corrected chi connectivity index (χ1v) is 8.28. The van der Waals surface area contributed by atoms with Crippen molar-refractivity contribution in [2.45, 2.75) is 0 Å². The van der Waals surface area contributed by atoms with Crippen LogP contribution in [-0.2, 0) is 0 Å². The molecule has 15 heteroatoms. The zero-order chi connectivity index (χ0) is 20.4. The van der Waals surface area contributed by atoms with E-state index in [4.69, 9.17) is 59.7 Å². The van der Waals surface area contributed by atoms with Crippen molar-refractivity contribution in [2.24, 2.45) is 5.11 Å². The summed E-state index contributed by atoms with van der Waals surface area (Å²) in [5, 5.41) is 3.66. The Morgan fingerprint density at radius 1 is 0.704 bits per heavy atom. The summed E-state index contributed by atoms with van der Waals surface area (Å²) in [5.41, 5.74) is 11.1. The summed E-state index contributed by atoms with van der Waals surface area (Å²) in [6.45, 7) is 0. The molecule has 0 saturated heterocycles. The van der Waals surface area contributed by atoms with Crippen LogP contribution in [0.25, 0.3) is 21.6 Å². The lowest BCUT2D eigenvalue weighted by molar-refractivity contribution is 1.47. The highest BCUT2D eigenvalue weighted by atomic mass is 15.1. The van der Waals surface area contributed by atoms with E-state index in [1.54, 1.807) is 0 Å². The number of azide groups is 1. The van der Waals surface area contributed by atoms with Gasteiger partial charge in [0.05, 0.1) is 0 Å². The van der Waals surface area contributed by atoms with Crippen LogP contribution >= 0.6 is 0 Å². The molecular formula is C12H9B12N3. The SMILES string of the molecule is [B]B([B])B([B])B(B([B])[B])B([B])[B].[N-]=[N+]=Nc1ccccc1-c1ccccc1. The Labute approximate surface area is 173 Å². The monoisotopic (exact) mass is 327 g/mol. The Morgan fingerprint density at radius 2 is 1.22 bits per heavy atom. The lowest BCUT2D eigenvalue weighted by atomic mass is 8.53. The van der Waals surface area contributed by atoms with Crippen LogP contribution < -0.4 is 0 Å². The molecule has 0 fully saturated rings. The Kier molecular flexibility index (Phi) is 10.5. The van der Waals surface area contributed by atoms with Crippen molar-refractivity contribution >= 4 is 91.8 Å². The van der Waals surface area contributed by atoms with Gasteiger partial charge in [0.1, 0.15) is 0 Å². The molecule has 0 saturated carbocycles. The van der Waals surface area contributed by atoms with Crippen LogP contribution in [0.2, 0.25) is 0 Å². The van der Waals surface area contributed by atoms with E-state index in [0.29, 0.717) is 5.69 Å². The van der Waals surface area contributed by atoms with Crippen molar-refractivity contribution in [1.82, 2.24) is 0 Å². The van der Waals surface area contributed by atoms with Gasteiger partial charge in [-0.15, -0.1) is 0 Å². The van der Waals surface area contributed by atoms with Gasteiger partial charge in [-0.1, -0.05) is 59.7 Å². The average Bonchev–Trinajstić information content (AvgIpc) is 2.63. The van der Waals surface area contributed by atoms with Crippen LogP contribution in [-0.4, -0.2) is 86.1 Å². The smallest absolute Gasteiger partial charge is 0.0453 e. The van der Waals surface area contributed by atoms with Crippen LogP contribution in [0, 0.1) is 0 Å². The molecule has 0 spiro atoms. The highest BCUT2D eigenvalue weighted by molar-refractivity contribution is 8.05. The average molecular weight is 325 g/mol. The summed E-state index contributed by atoms with van der Waals surface area (Å²) in [6.07, 6.45) is -3.22. The second-order valence-electron chi connectivity index (χ2n) is 5.96. The van der Waals surface area contributed by atoms with E-state index in [1.807, 2.05) is 54.6 Å². The van der Waals surface area contributed by atoms with Gasteiger partial charge in [0.25, 0.3) is 0 Å². The quantitative estimate of drug-likeness (QED) is 0.304. The van der Waals surface area contributed by atoms with E-state index in [9.17, 15) is 0 Å². The normalized spacial score (nSPS) is 9.04. The van der Waals surface area contributed by atoms with Crippen LogP contribution in [0.15, 0.2) is 59.7 Å². The topological polar surface area (TPSA) is 48.8 Å². The van der Waals surface area contributed by atoms with E-state index >= 15 is 0 Å². The van der Waals surface area contributed by atoms with Gasteiger partial charge in [-0.3, -0.25) is 0 Å². The first-order valence-electron chi connectivity index (χ1n) is 8.28. The van der Waals surface area contributed by atoms with E-state index in [1.165, 1.54) is 0 Å². The van der Waals surface area contributed by atoms with Crippen LogP contribution in [0.1, 0.15) is 0 Å². The molecule has 0 aliphatic rings. The molecule has 0 atom stereocenters. The number of nitrogens with zero attached hydrogens (tertiary/aromatic N) is 3. The Hall–Kier alpha value is -1.47. The highest BCUT2D eigenvalue weighted by Crippen LogP contribution is 2.29. The molecule has 0 heterocycles. The summed E-state index contributed by atoms with van der Waals surface area (Å²) in [7, 11) is 37.9. The van der Waals surface area contributed by atoms with Crippen molar-refractivity contribution in [1.29, 1.82) is 0 Å². The minimum Gasteiger partial charge on any atom is -0.0622 e. The molecule has 0 bridgehead atoms. The van der Waals surface area contributed by atoms with Gasteiger partial charge < -0.3 is 0 Å². The van der Waals surface area contributed by atoms with Crippen LogP contribution in [0.3, 0.4) is 0 Å². The van der Waals surface area contributed by atoms with Gasteiger partial charge in [0.2, 0.25) is 0 Å². The Balaban J connectivity index is 0.000000279. The van der Waals surface area contributed by atoms with Crippen LogP contribution in [0.4, 0.5) is 5.69 Å². The maximum Gasteiger partial charge on any atom is 0.0453 e. The molecule has 0 aliphatic heterocycles. The fourth-order valence-corrected chi connectivity index (χ4v) is 2.50. The molecular weight excluding hydrogens is 316 g/mol. The summed E-state index contributed by atoms with van der Waals surface area (Å²) < 4.78 is 0. The molecule has 0 aromatic heterocycles. The summed E-state index contributed by atoms with van der Waals surface area (Å²) >= 11 is 0. The third kappa shape index (κ3) is 7.58. The van der Waals surface area contributed by atoms with E-state index in [-0.39, 0.29) is 0 Å². The van der Waals surface area contributed by atoms with Gasteiger partial charge in [-0.2, -0.15) is 0 Å². The van der Waals surface area contributed by atoms with Crippen molar-refractivity contribution in [3.05, 3.63) is 65.0 Å². The minimum atomic E-state index is -0.723. The van der Waals surface area contributed by atoms with Crippen LogP contribution in [0.5, 0.6) is 0 Å². The number of rotatable bonds is 6. The van der Waals surface area contributed by atoms with Gasteiger partial charge in [0.15, 0.2) is 0 Å². The second-order valence-corrected chi connectivity index (χ2v) is 5.96. The number of hydrogen-bond donors (Lipinski definition) is 0. The molecule has 2 aromatic carbocycles. The van der Waals surface area contributed by atoms with Gasteiger partial charge in [-0.05, 0) is 16.7 Å². The van der Waals surface area contributed by atoms with E-state index < -0.39 is 31.9 Å². The van der Waals surface area contributed by atoms with Gasteiger partial charge >= 0.3 is 0 Å². The first-order chi connectivity index (χ1) is 12.8. The summed E-state index contributed by atoms with van der Waals surface area (Å²) in [5.74, 6) is 0. The standard InChI is InChI=1S/C12H9N3.B12/c13-15-14-12-9-5-4-8-11(12)10-6-2-1-3-7-10;1-8(2)11(7)12(9(3)4)10(5)6/h1-9H;. The molecule has 108 valence electrons. The van der Waals surface area contributed by atoms with Gasteiger partial charge in [-0.25, -0.2) is 0 Å². The van der Waals surface area contributed by atoms with E-state index in [2.05, 4.69) is 10.0 Å². The zero-order valence-electron chi connectivity index (χ0n) is 15.0. The lowest BCUT2D eigenvalue weighted by Gasteiger charge is -2.29. The zero-order valence-corrected chi connectivity index (χ0v) is 15.0. The number of hydrogen-bond acceptors (Lipinski definition) is 1. The Bertz CT molecular complexity index is 729. The predicted octanol–water partition coefficient (Wildman–Crippen LogP) is -0.274. The summed E-state index contributed by atoms with van der Waals surface area (Å²) in [6, 6.07) is 17.4. The highest BCUT2D eigenvalue weighted by Gasteiger charge is 2.29. The second kappa shape index (κ2) is 12.1. The molecule has 0 amide bonds. The molecule has 3 nitrogen and oxygen atoms in total. The molecule has 14 radical (unpaired) electrons. The van der Waals surface area contributed by atoms with Gasteiger partial charge in [0, 0.05) is 96.7 Å². The van der Waals surface area contributed by atoms with Crippen molar-refractivity contribution < 1.29 is 0 Å².